The Labute approximate surface area is 156 Å². The lowest BCUT2D eigenvalue weighted by Crippen LogP contribution is -1.98. The number of ether oxygens (including phenoxy) is 1. The number of nitrogens with zero attached hydrogens (tertiary/aromatic N) is 2. The van der Waals surface area contributed by atoms with Gasteiger partial charge in [0.05, 0.1) is 12.0 Å². The van der Waals surface area contributed by atoms with Crippen molar-refractivity contribution in [2.45, 2.75) is 13.8 Å². The molecule has 0 fully saturated rings. The van der Waals surface area contributed by atoms with Crippen molar-refractivity contribution in [3.63, 3.8) is 0 Å². The van der Waals surface area contributed by atoms with Crippen molar-refractivity contribution in [3.8, 4) is 17.1 Å². The van der Waals surface area contributed by atoms with Crippen LogP contribution in [-0.2, 0) is 0 Å². The van der Waals surface area contributed by atoms with Crippen LogP contribution in [0.2, 0.25) is 0 Å². The van der Waals surface area contributed by atoms with Crippen molar-refractivity contribution in [2.75, 3.05) is 11.9 Å². The quantitative estimate of drug-likeness (QED) is 0.487. The number of hydrogen-bond acceptors (Lipinski definition) is 5. The van der Waals surface area contributed by atoms with Crippen LogP contribution in [0.1, 0.15) is 11.8 Å². The molecule has 2 heterocycles. The Kier molecular flexibility index (Phi) is 4.54. The molecule has 0 bridgehead atoms. The van der Waals surface area contributed by atoms with E-state index in [-0.39, 0.29) is 0 Å². The lowest BCUT2D eigenvalue weighted by Gasteiger charge is -2.10. The highest BCUT2D eigenvalue weighted by atomic mass is 32.1. The minimum Gasteiger partial charge on any atom is -0.494 e. The first kappa shape index (κ1) is 16.5. The average Bonchev–Trinajstić information content (AvgIpc) is 3.05. The Morgan fingerprint density at radius 2 is 1.77 bits per heavy atom. The standard InChI is InChI=1S/C21H19N3OS/c1-3-25-17-11-9-16(10-12-17)22-20-18-13-14(2)26-21(18)24-19(23-20)15-7-5-4-6-8-15/h4-13H,3H2,1-2H3,(H,22,23,24). The third kappa shape index (κ3) is 3.39. The molecule has 0 amide bonds. The van der Waals surface area contributed by atoms with Crippen LogP contribution in [0.5, 0.6) is 5.75 Å². The normalized spacial score (nSPS) is 10.8. The molecule has 0 radical (unpaired) electrons. The van der Waals surface area contributed by atoms with Gasteiger partial charge in [0.15, 0.2) is 5.82 Å². The van der Waals surface area contributed by atoms with Crippen LogP contribution >= 0.6 is 11.3 Å². The van der Waals surface area contributed by atoms with Crippen LogP contribution in [0.15, 0.2) is 60.7 Å². The van der Waals surface area contributed by atoms with E-state index in [1.54, 1.807) is 11.3 Å². The van der Waals surface area contributed by atoms with E-state index >= 15 is 0 Å². The van der Waals surface area contributed by atoms with Crippen LogP contribution in [-0.4, -0.2) is 16.6 Å². The third-order valence-corrected chi connectivity index (χ3v) is 4.92. The molecule has 4 aromatic rings. The zero-order valence-electron chi connectivity index (χ0n) is 14.7. The number of rotatable bonds is 5. The predicted octanol–water partition coefficient (Wildman–Crippen LogP) is 5.81. The molecule has 0 aliphatic rings. The molecule has 2 aromatic heterocycles. The Morgan fingerprint density at radius 1 is 1.00 bits per heavy atom. The summed E-state index contributed by atoms with van der Waals surface area (Å²) < 4.78 is 5.51. The summed E-state index contributed by atoms with van der Waals surface area (Å²) in [6.45, 7) is 4.73. The lowest BCUT2D eigenvalue weighted by atomic mass is 10.2. The summed E-state index contributed by atoms with van der Waals surface area (Å²) in [6.07, 6.45) is 0. The summed E-state index contributed by atoms with van der Waals surface area (Å²) in [5, 5.41) is 4.48. The predicted molar refractivity (Wildman–Crippen MR) is 108 cm³/mol. The van der Waals surface area contributed by atoms with Gasteiger partial charge in [0, 0.05) is 16.1 Å². The molecule has 130 valence electrons. The smallest absolute Gasteiger partial charge is 0.163 e. The number of aromatic nitrogens is 2. The minimum absolute atomic E-state index is 0.661. The van der Waals surface area contributed by atoms with Crippen LogP contribution in [0.4, 0.5) is 11.5 Å². The second-order valence-electron chi connectivity index (χ2n) is 5.92. The fraction of sp³-hybridized carbons (Fsp3) is 0.143. The molecule has 0 aliphatic heterocycles. The molecule has 0 aliphatic carbocycles. The van der Waals surface area contributed by atoms with Gasteiger partial charge in [0.25, 0.3) is 0 Å². The molecule has 0 spiro atoms. The zero-order chi connectivity index (χ0) is 17.9. The van der Waals surface area contributed by atoms with Gasteiger partial charge in [-0.2, -0.15) is 0 Å². The van der Waals surface area contributed by atoms with E-state index in [4.69, 9.17) is 14.7 Å². The van der Waals surface area contributed by atoms with E-state index in [0.29, 0.717) is 6.61 Å². The SMILES string of the molecule is CCOc1ccc(Nc2nc(-c3ccccc3)nc3sc(C)cc23)cc1. The Morgan fingerprint density at radius 3 is 2.50 bits per heavy atom. The highest BCUT2D eigenvalue weighted by Crippen LogP contribution is 2.32. The van der Waals surface area contributed by atoms with Crippen LogP contribution < -0.4 is 10.1 Å². The molecule has 4 nitrogen and oxygen atoms in total. The van der Waals surface area contributed by atoms with Gasteiger partial charge in [0.2, 0.25) is 0 Å². The number of thiophene rings is 1. The van der Waals surface area contributed by atoms with Crippen LogP contribution in [0.3, 0.4) is 0 Å². The second-order valence-corrected chi connectivity index (χ2v) is 7.15. The summed E-state index contributed by atoms with van der Waals surface area (Å²) in [4.78, 5) is 11.8. The van der Waals surface area contributed by atoms with Gasteiger partial charge in [-0.1, -0.05) is 30.3 Å². The third-order valence-electron chi connectivity index (χ3n) is 3.98. The molecule has 0 saturated carbocycles. The van der Waals surface area contributed by atoms with E-state index in [9.17, 15) is 0 Å². The van der Waals surface area contributed by atoms with Crippen LogP contribution in [0, 0.1) is 6.92 Å². The van der Waals surface area contributed by atoms with E-state index in [1.807, 2.05) is 61.5 Å². The van der Waals surface area contributed by atoms with E-state index < -0.39 is 0 Å². The maximum atomic E-state index is 5.51. The van der Waals surface area contributed by atoms with Gasteiger partial charge in [0.1, 0.15) is 16.4 Å². The summed E-state index contributed by atoms with van der Waals surface area (Å²) in [6, 6.07) is 20.1. The number of anilines is 2. The van der Waals surface area contributed by atoms with Gasteiger partial charge in [-0.3, -0.25) is 0 Å². The number of benzene rings is 2. The summed E-state index contributed by atoms with van der Waals surface area (Å²) in [5.41, 5.74) is 1.98. The van der Waals surface area contributed by atoms with Crippen molar-refractivity contribution in [3.05, 3.63) is 65.5 Å². The van der Waals surface area contributed by atoms with Gasteiger partial charge < -0.3 is 10.1 Å². The largest absolute Gasteiger partial charge is 0.494 e. The van der Waals surface area contributed by atoms with E-state index in [1.165, 1.54) is 4.88 Å². The minimum atomic E-state index is 0.661. The first-order valence-electron chi connectivity index (χ1n) is 8.56. The fourth-order valence-electron chi connectivity index (χ4n) is 2.79. The first-order chi connectivity index (χ1) is 12.7. The molecule has 26 heavy (non-hydrogen) atoms. The number of nitrogens with one attached hydrogen (secondary N) is 1. The molecular weight excluding hydrogens is 342 g/mol. The van der Waals surface area contributed by atoms with Crippen molar-refractivity contribution >= 4 is 33.1 Å². The van der Waals surface area contributed by atoms with Crippen LogP contribution in [0.25, 0.3) is 21.6 Å². The molecule has 0 unspecified atom stereocenters. The summed E-state index contributed by atoms with van der Waals surface area (Å²) in [7, 11) is 0. The van der Waals surface area contributed by atoms with E-state index in [2.05, 4.69) is 18.3 Å². The van der Waals surface area contributed by atoms with Gasteiger partial charge in [-0.05, 0) is 44.2 Å². The Hall–Kier alpha value is -2.92. The van der Waals surface area contributed by atoms with Crippen molar-refractivity contribution in [1.29, 1.82) is 0 Å². The zero-order valence-corrected chi connectivity index (χ0v) is 15.5. The second kappa shape index (κ2) is 7.14. The van der Waals surface area contributed by atoms with Crippen molar-refractivity contribution < 1.29 is 4.74 Å². The molecule has 0 atom stereocenters. The van der Waals surface area contributed by atoms with Gasteiger partial charge in [-0.15, -0.1) is 11.3 Å². The number of fused-ring (bicyclic) bond motifs is 1. The van der Waals surface area contributed by atoms with Gasteiger partial charge >= 0.3 is 0 Å². The summed E-state index contributed by atoms with van der Waals surface area (Å²) in [5.74, 6) is 2.41. The molecule has 0 saturated heterocycles. The van der Waals surface area contributed by atoms with Gasteiger partial charge in [-0.25, -0.2) is 9.97 Å². The lowest BCUT2D eigenvalue weighted by molar-refractivity contribution is 0.340. The maximum Gasteiger partial charge on any atom is 0.163 e. The van der Waals surface area contributed by atoms with E-state index in [0.717, 1.165) is 38.9 Å². The first-order valence-corrected chi connectivity index (χ1v) is 9.38. The molecule has 1 N–H and O–H groups in total. The molecule has 2 aromatic carbocycles. The summed E-state index contributed by atoms with van der Waals surface area (Å²) >= 11 is 1.68. The van der Waals surface area contributed by atoms with Crippen molar-refractivity contribution in [1.82, 2.24) is 9.97 Å². The highest BCUT2D eigenvalue weighted by molar-refractivity contribution is 7.18. The fourth-order valence-corrected chi connectivity index (χ4v) is 3.67. The topological polar surface area (TPSA) is 47.0 Å². The molecule has 4 rings (SSSR count). The molecule has 5 heteroatoms. The average molecular weight is 361 g/mol. The Balaban J connectivity index is 1.75. The van der Waals surface area contributed by atoms with Crippen molar-refractivity contribution in [2.24, 2.45) is 0 Å². The highest BCUT2D eigenvalue weighted by Gasteiger charge is 2.12. The molecular formula is C21H19N3OS. The monoisotopic (exact) mass is 361 g/mol. The Bertz CT molecular complexity index is 1030. The maximum absolute atomic E-state index is 5.51. The number of hydrogen-bond donors (Lipinski definition) is 1. The number of aryl methyl sites for hydroxylation is 1.